The molecular formula is C20H26N4O. The molecule has 0 saturated carbocycles. The van der Waals surface area contributed by atoms with E-state index in [9.17, 15) is 4.79 Å². The van der Waals surface area contributed by atoms with Crippen molar-refractivity contribution in [1.29, 1.82) is 0 Å². The Morgan fingerprint density at radius 1 is 1.36 bits per heavy atom. The highest BCUT2D eigenvalue weighted by Crippen LogP contribution is 2.28. The Balaban J connectivity index is 1.53. The molecule has 1 aromatic heterocycles. The zero-order valence-corrected chi connectivity index (χ0v) is 14.8. The summed E-state index contributed by atoms with van der Waals surface area (Å²) in [5.41, 5.74) is 5.24. The smallest absolute Gasteiger partial charge is 0.272 e. The first-order chi connectivity index (χ1) is 12.2. The Bertz CT molecular complexity index is 774. The van der Waals surface area contributed by atoms with Gasteiger partial charge in [0.05, 0.1) is 5.69 Å². The average molecular weight is 338 g/mol. The van der Waals surface area contributed by atoms with Crippen molar-refractivity contribution in [2.45, 2.75) is 39.0 Å². The zero-order valence-electron chi connectivity index (χ0n) is 14.8. The third-order valence-corrected chi connectivity index (χ3v) is 5.49. The first-order valence-electron chi connectivity index (χ1n) is 9.39. The van der Waals surface area contributed by atoms with Crippen LogP contribution in [0.25, 0.3) is 5.69 Å². The van der Waals surface area contributed by atoms with Crippen LogP contribution in [0.5, 0.6) is 0 Å². The molecule has 5 nitrogen and oxygen atoms in total. The number of carbonyl (C=O) groups excluding carboxylic acids is 1. The molecule has 0 bridgehead atoms. The van der Waals surface area contributed by atoms with Gasteiger partial charge in [0.25, 0.3) is 5.91 Å². The molecule has 2 aromatic rings. The van der Waals surface area contributed by atoms with Gasteiger partial charge in [0.2, 0.25) is 0 Å². The summed E-state index contributed by atoms with van der Waals surface area (Å²) in [6, 6.07) is 8.23. The number of hydrogen-bond acceptors (Lipinski definition) is 3. The third-order valence-electron chi connectivity index (χ3n) is 5.49. The summed E-state index contributed by atoms with van der Waals surface area (Å²) in [5, 5.41) is 11.2. The lowest BCUT2D eigenvalue weighted by atomic mass is 10.1. The van der Waals surface area contributed by atoms with Crippen LogP contribution in [0.2, 0.25) is 0 Å². The first-order valence-corrected chi connectivity index (χ1v) is 9.39. The summed E-state index contributed by atoms with van der Waals surface area (Å²) < 4.78 is 1.99. The molecule has 5 heteroatoms. The highest BCUT2D eigenvalue weighted by atomic mass is 16.1. The van der Waals surface area contributed by atoms with Crippen LogP contribution in [0.4, 0.5) is 0 Å². The molecule has 0 radical (unpaired) electrons. The molecule has 1 amide bonds. The van der Waals surface area contributed by atoms with Crippen LogP contribution in [0.3, 0.4) is 0 Å². The van der Waals surface area contributed by atoms with Gasteiger partial charge in [-0.25, -0.2) is 4.68 Å². The largest absolute Gasteiger partial charge is 0.351 e. The second kappa shape index (κ2) is 7.00. The van der Waals surface area contributed by atoms with E-state index < -0.39 is 0 Å². The maximum Gasteiger partial charge on any atom is 0.272 e. The Morgan fingerprint density at radius 2 is 2.24 bits per heavy atom. The highest BCUT2D eigenvalue weighted by molar-refractivity contribution is 5.94. The molecule has 1 saturated heterocycles. The van der Waals surface area contributed by atoms with Gasteiger partial charge in [0.1, 0.15) is 0 Å². The van der Waals surface area contributed by atoms with E-state index in [-0.39, 0.29) is 5.91 Å². The fourth-order valence-electron chi connectivity index (χ4n) is 4.05. The lowest BCUT2D eigenvalue weighted by molar-refractivity contribution is 0.0945. The average Bonchev–Trinajstić information content (AvgIpc) is 3.33. The molecule has 2 N–H and O–H groups in total. The molecule has 1 fully saturated rings. The molecule has 1 aromatic carbocycles. The number of hydrogen-bond donors (Lipinski definition) is 2. The molecule has 25 heavy (non-hydrogen) atoms. The normalized spacial score (nSPS) is 19.2. The van der Waals surface area contributed by atoms with Crippen LogP contribution in [0, 0.1) is 12.8 Å². The van der Waals surface area contributed by atoms with E-state index in [1.54, 1.807) is 0 Å². The van der Waals surface area contributed by atoms with E-state index in [4.69, 9.17) is 5.10 Å². The Morgan fingerprint density at radius 3 is 3.04 bits per heavy atom. The fourth-order valence-corrected chi connectivity index (χ4v) is 4.05. The van der Waals surface area contributed by atoms with Crippen LogP contribution >= 0.6 is 0 Å². The van der Waals surface area contributed by atoms with Gasteiger partial charge in [-0.2, -0.15) is 5.10 Å². The van der Waals surface area contributed by atoms with Gasteiger partial charge in [-0.3, -0.25) is 4.79 Å². The summed E-state index contributed by atoms with van der Waals surface area (Å²) >= 11 is 0. The van der Waals surface area contributed by atoms with Crippen LogP contribution < -0.4 is 10.6 Å². The van der Waals surface area contributed by atoms with Crippen molar-refractivity contribution in [3.05, 3.63) is 46.8 Å². The minimum absolute atomic E-state index is 0.0172. The van der Waals surface area contributed by atoms with Gasteiger partial charge in [0, 0.05) is 17.8 Å². The summed E-state index contributed by atoms with van der Waals surface area (Å²) in [6.07, 6.45) is 5.31. The van der Waals surface area contributed by atoms with Gasteiger partial charge in [0.15, 0.2) is 5.69 Å². The van der Waals surface area contributed by atoms with Gasteiger partial charge in [-0.05, 0) is 69.7 Å². The molecule has 132 valence electrons. The van der Waals surface area contributed by atoms with Gasteiger partial charge >= 0.3 is 0 Å². The maximum absolute atomic E-state index is 12.7. The number of carbonyl (C=O) groups is 1. The minimum Gasteiger partial charge on any atom is -0.351 e. The molecule has 2 heterocycles. The first kappa shape index (κ1) is 16.3. The van der Waals surface area contributed by atoms with Crippen molar-refractivity contribution in [1.82, 2.24) is 20.4 Å². The van der Waals surface area contributed by atoms with Crippen LogP contribution in [0.1, 0.15) is 46.6 Å². The monoisotopic (exact) mass is 338 g/mol. The van der Waals surface area contributed by atoms with Gasteiger partial charge in [-0.15, -0.1) is 0 Å². The van der Waals surface area contributed by atoms with Crippen LogP contribution in [-0.2, 0) is 12.8 Å². The number of aromatic nitrogens is 2. The molecule has 2 aliphatic rings. The van der Waals surface area contributed by atoms with Crippen molar-refractivity contribution < 1.29 is 4.79 Å². The Hall–Kier alpha value is -2.14. The highest BCUT2D eigenvalue weighted by Gasteiger charge is 2.27. The predicted molar refractivity (Wildman–Crippen MR) is 98.3 cm³/mol. The zero-order chi connectivity index (χ0) is 17.2. The molecule has 1 aliphatic heterocycles. The van der Waals surface area contributed by atoms with E-state index in [1.807, 2.05) is 16.8 Å². The topological polar surface area (TPSA) is 59.0 Å². The molecular weight excluding hydrogens is 312 g/mol. The number of fused-ring (bicyclic) bond motifs is 1. The molecule has 1 atom stereocenters. The number of amides is 1. The number of benzene rings is 1. The number of rotatable bonds is 5. The Labute approximate surface area is 148 Å². The fraction of sp³-hybridized carbons (Fsp3) is 0.500. The van der Waals surface area contributed by atoms with Crippen LogP contribution in [-0.4, -0.2) is 35.3 Å². The standard InChI is InChI=1S/C20H26N4O/c1-14-5-2-3-7-17(14)24-18-8-4-6-16(18)19(23-24)20(25)22-12-10-15-9-11-21-13-15/h2-3,5,7,15,21H,4,6,8-13H2,1H3,(H,22,25). The SMILES string of the molecule is Cc1ccccc1-n1nc(C(=O)NCCC2CCNC2)c2c1CCC2. The molecule has 4 rings (SSSR count). The van der Waals surface area contributed by atoms with E-state index in [1.165, 1.54) is 17.7 Å². The van der Waals surface area contributed by atoms with Gasteiger partial charge in [-0.1, -0.05) is 18.2 Å². The van der Waals surface area contributed by atoms with Crippen molar-refractivity contribution >= 4 is 5.91 Å². The molecule has 0 spiro atoms. The van der Waals surface area contributed by atoms with Crippen molar-refractivity contribution in [3.63, 3.8) is 0 Å². The van der Waals surface area contributed by atoms with Crippen molar-refractivity contribution in [2.24, 2.45) is 5.92 Å². The lowest BCUT2D eigenvalue weighted by Crippen LogP contribution is -2.27. The van der Waals surface area contributed by atoms with E-state index in [2.05, 4.69) is 29.7 Å². The summed E-state index contributed by atoms with van der Waals surface area (Å²) in [4.78, 5) is 12.7. The predicted octanol–water partition coefficient (Wildman–Crippen LogP) is 2.40. The number of aryl methyl sites for hydroxylation is 1. The summed E-state index contributed by atoms with van der Waals surface area (Å²) in [6.45, 7) is 5.01. The van der Waals surface area contributed by atoms with Crippen LogP contribution in [0.15, 0.2) is 24.3 Å². The molecule has 1 aliphatic carbocycles. The van der Waals surface area contributed by atoms with E-state index in [0.29, 0.717) is 11.6 Å². The second-order valence-corrected chi connectivity index (χ2v) is 7.23. The Kier molecular flexibility index (Phi) is 4.57. The number of nitrogens with one attached hydrogen (secondary N) is 2. The van der Waals surface area contributed by atoms with Gasteiger partial charge < -0.3 is 10.6 Å². The lowest BCUT2D eigenvalue weighted by Gasteiger charge is -2.09. The quantitative estimate of drug-likeness (QED) is 0.880. The minimum atomic E-state index is -0.0172. The van der Waals surface area contributed by atoms with E-state index in [0.717, 1.165) is 56.6 Å². The maximum atomic E-state index is 12.7. The summed E-state index contributed by atoms with van der Waals surface area (Å²) in [5.74, 6) is 0.673. The van der Waals surface area contributed by atoms with Crippen molar-refractivity contribution in [2.75, 3.05) is 19.6 Å². The third kappa shape index (κ3) is 3.21. The summed E-state index contributed by atoms with van der Waals surface area (Å²) in [7, 11) is 0. The number of nitrogens with zero attached hydrogens (tertiary/aromatic N) is 2. The number of para-hydroxylation sites is 1. The van der Waals surface area contributed by atoms with E-state index >= 15 is 0 Å². The van der Waals surface area contributed by atoms with Crippen molar-refractivity contribution in [3.8, 4) is 5.69 Å². The second-order valence-electron chi connectivity index (χ2n) is 7.23. The molecule has 1 unspecified atom stereocenters.